The van der Waals surface area contributed by atoms with Crippen molar-refractivity contribution in [3.05, 3.63) is 46.2 Å². The number of ether oxygens (including phenoxy) is 1. The first-order chi connectivity index (χ1) is 9.56. The molecule has 0 atom stereocenters. The van der Waals surface area contributed by atoms with Crippen LogP contribution in [0.25, 0.3) is 0 Å². The molecule has 0 aliphatic heterocycles. The van der Waals surface area contributed by atoms with Gasteiger partial charge in [0.05, 0.1) is 10.6 Å². The lowest BCUT2D eigenvalue weighted by Crippen LogP contribution is -2.19. The molecule has 0 spiro atoms. The molecule has 0 unspecified atom stereocenters. The zero-order chi connectivity index (χ0) is 14.5. The lowest BCUT2D eigenvalue weighted by Gasteiger charge is -2.11. The van der Waals surface area contributed by atoms with E-state index in [-0.39, 0.29) is 17.5 Å². The molecule has 0 aliphatic carbocycles. The third-order valence-corrected chi connectivity index (χ3v) is 3.59. The lowest BCUT2D eigenvalue weighted by atomic mass is 10.3. The normalized spacial score (nSPS) is 10.1. The Morgan fingerprint density at radius 1 is 1.35 bits per heavy atom. The summed E-state index contributed by atoms with van der Waals surface area (Å²) in [5.41, 5.74) is 6.00. The van der Waals surface area contributed by atoms with Gasteiger partial charge < -0.3 is 15.8 Å². The van der Waals surface area contributed by atoms with Gasteiger partial charge in [-0.05, 0) is 31.2 Å². The number of hydrogen-bond acceptors (Lipinski definition) is 4. The molecule has 4 nitrogen and oxygen atoms in total. The van der Waals surface area contributed by atoms with Gasteiger partial charge >= 0.3 is 0 Å². The predicted molar refractivity (Wildman–Crippen MR) is 85.7 cm³/mol. The summed E-state index contributed by atoms with van der Waals surface area (Å²) in [5.74, 6) is 0.386. The SMILES string of the molecule is Cc1ccc(C(=O)Nc2ccccc2OCC(N)=S)s1. The summed E-state index contributed by atoms with van der Waals surface area (Å²) in [4.78, 5) is 14.1. The topological polar surface area (TPSA) is 64.3 Å². The average Bonchev–Trinajstić information content (AvgIpc) is 2.84. The van der Waals surface area contributed by atoms with E-state index in [2.05, 4.69) is 5.32 Å². The van der Waals surface area contributed by atoms with Gasteiger partial charge in [0.25, 0.3) is 5.91 Å². The van der Waals surface area contributed by atoms with Gasteiger partial charge in [-0.15, -0.1) is 11.3 Å². The van der Waals surface area contributed by atoms with E-state index in [9.17, 15) is 4.79 Å². The molecule has 2 aromatic rings. The van der Waals surface area contributed by atoms with Gasteiger partial charge in [-0.3, -0.25) is 4.79 Å². The molecule has 0 bridgehead atoms. The first kappa shape index (κ1) is 14.5. The highest BCUT2D eigenvalue weighted by molar-refractivity contribution is 7.80. The summed E-state index contributed by atoms with van der Waals surface area (Å²) in [7, 11) is 0. The van der Waals surface area contributed by atoms with Gasteiger partial charge in [0.2, 0.25) is 0 Å². The molecule has 20 heavy (non-hydrogen) atoms. The van der Waals surface area contributed by atoms with Crippen LogP contribution in [0.2, 0.25) is 0 Å². The largest absolute Gasteiger partial charge is 0.484 e. The van der Waals surface area contributed by atoms with Crippen molar-refractivity contribution in [3.63, 3.8) is 0 Å². The van der Waals surface area contributed by atoms with Gasteiger partial charge in [-0.1, -0.05) is 24.4 Å². The number of thiophene rings is 1. The van der Waals surface area contributed by atoms with E-state index in [0.29, 0.717) is 16.3 Å². The number of aryl methyl sites for hydroxylation is 1. The van der Waals surface area contributed by atoms with E-state index in [4.69, 9.17) is 22.7 Å². The molecule has 2 rings (SSSR count). The maximum absolute atomic E-state index is 12.1. The first-order valence-electron chi connectivity index (χ1n) is 5.94. The Morgan fingerprint density at radius 2 is 2.10 bits per heavy atom. The van der Waals surface area contributed by atoms with E-state index in [1.165, 1.54) is 11.3 Å². The van der Waals surface area contributed by atoms with E-state index in [1.54, 1.807) is 18.2 Å². The van der Waals surface area contributed by atoms with Crippen LogP contribution in [0.3, 0.4) is 0 Å². The Bertz CT molecular complexity index is 638. The third-order valence-electron chi connectivity index (χ3n) is 2.47. The number of nitrogens with two attached hydrogens (primary N) is 1. The number of carbonyl (C=O) groups is 1. The van der Waals surface area contributed by atoms with Crippen LogP contribution in [-0.4, -0.2) is 17.5 Å². The van der Waals surface area contributed by atoms with Crippen LogP contribution in [0.5, 0.6) is 5.75 Å². The minimum Gasteiger partial charge on any atom is -0.484 e. The van der Waals surface area contributed by atoms with Gasteiger partial charge in [0, 0.05) is 4.88 Å². The molecule has 6 heteroatoms. The quantitative estimate of drug-likeness (QED) is 0.834. The number of anilines is 1. The van der Waals surface area contributed by atoms with Crippen molar-refractivity contribution in [3.8, 4) is 5.75 Å². The summed E-state index contributed by atoms with van der Waals surface area (Å²) < 4.78 is 5.46. The summed E-state index contributed by atoms with van der Waals surface area (Å²) in [5, 5.41) is 2.83. The minimum absolute atomic E-state index is 0.139. The van der Waals surface area contributed by atoms with Crippen molar-refractivity contribution in [2.75, 3.05) is 11.9 Å². The molecule has 1 aromatic carbocycles. The molecule has 104 valence electrons. The van der Waals surface area contributed by atoms with Crippen molar-refractivity contribution < 1.29 is 9.53 Å². The van der Waals surface area contributed by atoms with Crippen molar-refractivity contribution >= 4 is 40.1 Å². The zero-order valence-electron chi connectivity index (χ0n) is 10.9. The Hall–Kier alpha value is -1.92. The Balaban J connectivity index is 2.12. The van der Waals surface area contributed by atoms with Gasteiger partial charge in [0.1, 0.15) is 17.3 Å². The summed E-state index contributed by atoms with van der Waals surface area (Å²) in [6.45, 7) is 2.10. The highest BCUT2D eigenvalue weighted by atomic mass is 32.1. The van der Waals surface area contributed by atoms with Crippen LogP contribution in [0.15, 0.2) is 36.4 Å². The molecule has 3 N–H and O–H groups in total. The first-order valence-corrected chi connectivity index (χ1v) is 7.16. The highest BCUT2D eigenvalue weighted by Crippen LogP contribution is 2.25. The zero-order valence-corrected chi connectivity index (χ0v) is 12.5. The number of para-hydroxylation sites is 2. The summed E-state index contributed by atoms with van der Waals surface area (Å²) >= 11 is 6.22. The Morgan fingerprint density at radius 3 is 2.75 bits per heavy atom. The Labute approximate surface area is 126 Å². The summed E-state index contributed by atoms with van der Waals surface area (Å²) in [6, 6.07) is 10.9. The fraction of sp³-hybridized carbons (Fsp3) is 0.143. The molecule has 1 aromatic heterocycles. The second-order valence-corrected chi connectivity index (χ2v) is 5.93. The monoisotopic (exact) mass is 306 g/mol. The van der Waals surface area contributed by atoms with Gasteiger partial charge in [0.15, 0.2) is 0 Å². The Kier molecular flexibility index (Phi) is 4.70. The highest BCUT2D eigenvalue weighted by Gasteiger charge is 2.11. The van der Waals surface area contributed by atoms with Crippen molar-refractivity contribution in [1.82, 2.24) is 0 Å². The minimum atomic E-state index is -0.158. The predicted octanol–water partition coefficient (Wildman–Crippen LogP) is 2.97. The second-order valence-electron chi connectivity index (χ2n) is 4.12. The number of thiocarbonyl (C=S) groups is 1. The number of benzene rings is 1. The van der Waals surface area contributed by atoms with E-state index < -0.39 is 0 Å². The number of rotatable bonds is 5. The number of carbonyl (C=O) groups excluding carboxylic acids is 1. The molecule has 0 saturated carbocycles. The van der Waals surface area contributed by atoms with Crippen LogP contribution in [0.4, 0.5) is 5.69 Å². The maximum Gasteiger partial charge on any atom is 0.265 e. The maximum atomic E-state index is 12.1. The van der Waals surface area contributed by atoms with Crippen molar-refractivity contribution in [2.24, 2.45) is 5.73 Å². The van der Waals surface area contributed by atoms with Crippen LogP contribution in [0, 0.1) is 6.92 Å². The lowest BCUT2D eigenvalue weighted by molar-refractivity contribution is 0.103. The smallest absolute Gasteiger partial charge is 0.265 e. The number of hydrogen-bond donors (Lipinski definition) is 2. The average molecular weight is 306 g/mol. The molecular weight excluding hydrogens is 292 g/mol. The summed E-state index contributed by atoms with van der Waals surface area (Å²) in [6.07, 6.45) is 0. The fourth-order valence-electron chi connectivity index (χ4n) is 1.59. The van der Waals surface area contributed by atoms with E-state index in [0.717, 1.165) is 4.88 Å². The van der Waals surface area contributed by atoms with Crippen LogP contribution >= 0.6 is 23.6 Å². The molecule has 1 amide bonds. The van der Waals surface area contributed by atoms with Gasteiger partial charge in [-0.2, -0.15) is 0 Å². The second kappa shape index (κ2) is 6.49. The molecule has 0 aliphatic rings. The van der Waals surface area contributed by atoms with Crippen LogP contribution < -0.4 is 15.8 Å². The molecule has 0 fully saturated rings. The van der Waals surface area contributed by atoms with Crippen molar-refractivity contribution in [1.29, 1.82) is 0 Å². The van der Waals surface area contributed by atoms with E-state index in [1.807, 2.05) is 25.1 Å². The fourth-order valence-corrected chi connectivity index (χ4v) is 2.41. The molecule has 0 radical (unpaired) electrons. The molecule has 1 heterocycles. The van der Waals surface area contributed by atoms with Crippen LogP contribution in [-0.2, 0) is 0 Å². The number of nitrogens with one attached hydrogen (secondary N) is 1. The number of amides is 1. The standard InChI is InChI=1S/C14H14N2O2S2/c1-9-6-7-12(20-9)14(17)16-10-4-2-3-5-11(10)18-8-13(15)19/h2-7H,8H2,1H3,(H2,15,19)(H,16,17). The third kappa shape index (κ3) is 3.79. The van der Waals surface area contributed by atoms with E-state index >= 15 is 0 Å². The van der Waals surface area contributed by atoms with Crippen molar-refractivity contribution in [2.45, 2.75) is 6.92 Å². The van der Waals surface area contributed by atoms with Crippen LogP contribution in [0.1, 0.15) is 14.5 Å². The molecular formula is C14H14N2O2S2. The van der Waals surface area contributed by atoms with Gasteiger partial charge in [-0.25, -0.2) is 0 Å². The molecule has 0 saturated heterocycles.